The molecule has 0 aromatic heterocycles. The van der Waals surface area contributed by atoms with E-state index in [0.29, 0.717) is 11.5 Å². The number of esters is 1. The van der Waals surface area contributed by atoms with E-state index in [1.807, 2.05) is 0 Å². The lowest BCUT2D eigenvalue weighted by molar-refractivity contribution is -0.830. The summed E-state index contributed by atoms with van der Waals surface area (Å²) < 4.78 is 29.7. The van der Waals surface area contributed by atoms with Crippen LogP contribution in [0.3, 0.4) is 0 Å². The summed E-state index contributed by atoms with van der Waals surface area (Å²) in [4.78, 5) is 17.1. The quantitative estimate of drug-likeness (QED) is 0.269. The number of nitrogens with one attached hydrogen (secondary N) is 1. The van der Waals surface area contributed by atoms with E-state index in [-0.39, 0.29) is 6.10 Å². The Labute approximate surface area is 164 Å². The minimum Gasteiger partial charge on any atom is -0.462 e. The van der Waals surface area contributed by atoms with Crippen molar-refractivity contribution in [2.75, 3.05) is 7.11 Å². The van der Waals surface area contributed by atoms with Crippen molar-refractivity contribution in [3.05, 3.63) is 54.6 Å². The molecule has 0 bridgehead atoms. The van der Waals surface area contributed by atoms with Gasteiger partial charge in [-0.05, 0) is 45.0 Å². The molecule has 0 saturated carbocycles. The largest absolute Gasteiger partial charge is 0.513 e. The van der Waals surface area contributed by atoms with Crippen molar-refractivity contribution in [2.24, 2.45) is 0 Å². The lowest BCUT2D eigenvalue weighted by Gasteiger charge is -2.23. The van der Waals surface area contributed by atoms with Crippen LogP contribution in [0.2, 0.25) is 0 Å². The molecule has 8 nitrogen and oxygen atoms in total. The molecule has 1 unspecified atom stereocenters. The normalized spacial score (nSPS) is 14.2. The SMILES string of the molecule is CO[NH2+]c1ccc(OP(=O)(N[C@@H](C)C(=O)OC(C)C)Oc2ccccc2)cc1. The van der Waals surface area contributed by atoms with Gasteiger partial charge >= 0.3 is 13.7 Å². The molecule has 0 heterocycles. The summed E-state index contributed by atoms with van der Waals surface area (Å²) in [5, 5.41) is 2.64. The maximum atomic E-state index is 13.4. The van der Waals surface area contributed by atoms with E-state index in [1.54, 1.807) is 81.0 Å². The first-order valence-electron chi connectivity index (χ1n) is 8.80. The summed E-state index contributed by atoms with van der Waals surface area (Å²) >= 11 is 0. The van der Waals surface area contributed by atoms with Gasteiger partial charge in [0.15, 0.2) is 5.69 Å². The molecule has 0 fully saturated rings. The Morgan fingerprint density at radius 1 is 0.964 bits per heavy atom. The Bertz CT molecular complexity index is 798. The maximum Gasteiger partial charge on any atom is 0.513 e. The first kappa shape index (κ1) is 21.9. The first-order valence-corrected chi connectivity index (χ1v) is 10.3. The van der Waals surface area contributed by atoms with Gasteiger partial charge in [0.05, 0.1) is 13.2 Å². The average molecular weight is 409 g/mol. The fourth-order valence-electron chi connectivity index (χ4n) is 2.20. The molecule has 0 aliphatic carbocycles. The molecule has 0 spiro atoms. The van der Waals surface area contributed by atoms with Gasteiger partial charge in [0.25, 0.3) is 0 Å². The predicted molar refractivity (Wildman–Crippen MR) is 104 cm³/mol. The van der Waals surface area contributed by atoms with E-state index >= 15 is 0 Å². The van der Waals surface area contributed by atoms with Crippen LogP contribution in [-0.4, -0.2) is 25.2 Å². The number of hydrogen-bond acceptors (Lipinski definition) is 6. The number of carbonyl (C=O) groups is 1. The summed E-state index contributed by atoms with van der Waals surface area (Å²) in [6, 6.07) is 14.4. The third-order valence-corrected chi connectivity index (χ3v) is 4.99. The molecular formula is C19H26N2O6P+. The monoisotopic (exact) mass is 409 g/mol. The molecule has 9 heteroatoms. The standard InChI is InChI=1S/C19H25N2O6P/c1-14(2)25-19(22)15(3)21-28(23,26-17-8-6-5-7-9-17)27-18-12-10-16(11-13-18)20-24-4/h5-15,20H,1-4H3,(H,21,23)/p+1/t15-,28?/m0/s1. The fraction of sp³-hybridized carbons (Fsp3) is 0.316. The molecule has 152 valence electrons. The molecule has 2 aromatic carbocycles. The van der Waals surface area contributed by atoms with E-state index in [4.69, 9.17) is 18.6 Å². The number of hydrogen-bond donors (Lipinski definition) is 2. The van der Waals surface area contributed by atoms with Gasteiger partial charge < -0.3 is 13.8 Å². The summed E-state index contributed by atoms with van der Waals surface area (Å²) in [6.45, 7) is 5.01. The van der Waals surface area contributed by atoms with Gasteiger partial charge in [-0.2, -0.15) is 10.6 Å². The first-order chi connectivity index (χ1) is 13.3. The molecule has 0 saturated heterocycles. The van der Waals surface area contributed by atoms with Gasteiger partial charge in [-0.1, -0.05) is 18.2 Å². The number of rotatable bonds is 10. The Morgan fingerprint density at radius 2 is 1.54 bits per heavy atom. The molecule has 2 atom stereocenters. The van der Waals surface area contributed by atoms with Crippen LogP contribution in [0.4, 0.5) is 5.69 Å². The summed E-state index contributed by atoms with van der Waals surface area (Å²) in [6.07, 6.45) is -0.295. The third-order valence-electron chi connectivity index (χ3n) is 3.39. The summed E-state index contributed by atoms with van der Waals surface area (Å²) in [5.74, 6) is 0.0945. The highest BCUT2D eigenvalue weighted by Gasteiger charge is 2.34. The number of benzene rings is 2. The van der Waals surface area contributed by atoms with Crippen molar-refractivity contribution >= 4 is 19.4 Å². The maximum absolute atomic E-state index is 13.4. The number of para-hydroxylation sites is 1. The zero-order valence-corrected chi connectivity index (χ0v) is 17.2. The smallest absolute Gasteiger partial charge is 0.462 e. The summed E-state index contributed by atoms with van der Waals surface area (Å²) in [7, 11) is -2.39. The lowest BCUT2D eigenvalue weighted by atomic mass is 10.3. The van der Waals surface area contributed by atoms with E-state index in [0.717, 1.165) is 5.69 Å². The van der Waals surface area contributed by atoms with Crippen LogP contribution in [0.5, 0.6) is 11.5 Å². The Hall–Kier alpha value is -2.38. The minimum atomic E-state index is -3.94. The van der Waals surface area contributed by atoms with Crippen LogP contribution >= 0.6 is 7.75 Å². The van der Waals surface area contributed by atoms with Crippen LogP contribution in [0, 0.1) is 0 Å². The van der Waals surface area contributed by atoms with Gasteiger partial charge in [0.1, 0.15) is 17.5 Å². The van der Waals surface area contributed by atoms with Crippen LogP contribution in [-0.2, 0) is 18.9 Å². The minimum absolute atomic E-state index is 0.295. The van der Waals surface area contributed by atoms with Crippen LogP contribution in [0.15, 0.2) is 54.6 Å². The van der Waals surface area contributed by atoms with Crippen molar-refractivity contribution in [3.8, 4) is 11.5 Å². The number of ether oxygens (including phenoxy) is 1. The van der Waals surface area contributed by atoms with Gasteiger partial charge in [-0.25, -0.2) is 9.40 Å². The van der Waals surface area contributed by atoms with Crippen molar-refractivity contribution in [1.29, 1.82) is 0 Å². The van der Waals surface area contributed by atoms with Crippen molar-refractivity contribution in [3.63, 3.8) is 0 Å². The van der Waals surface area contributed by atoms with Gasteiger partial charge in [0, 0.05) is 12.1 Å². The average Bonchev–Trinajstić information content (AvgIpc) is 2.63. The summed E-state index contributed by atoms with van der Waals surface area (Å²) in [5.41, 5.74) is 2.38. The molecule has 2 aromatic rings. The highest BCUT2D eigenvalue weighted by Crippen LogP contribution is 2.45. The van der Waals surface area contributed by atoms with Gasteiger partial charge in [-0.15, -0.1) is 0 Å². The Morgan fingerprint density at radius 3 is 2.07 bits per heavy atom. The van der Waals surface area contributed by atoms with Crippen LogP contribution < -0.4 is 19.6 Å². The third kappa shape index (κ3) is 6.98. The van der Waals surface area contributed by atoms with Crippen molar-refractivity contribution < 1.29 is 33.5 Å². The Balaban J connectivity index is 2.20. The molecular weight excluding hydrogens is 383 g/mol. The van der Waals surface area contributed by atoms with Crippen molar-refractivity contribution in [2.45, 2.75) is 32.9 Å². The van der Waals surface area contributed by atoms with E-state index < -0.39 is 19.8 Å². The van der Waals surface area contributed by atoms with Crippen molar-refractivity contribution in [1.82, 2.24) is 5.09 Å². The van der Waals surface area contributed by atoms with E-state index in [9.17, 15) is 9.36 Å². The second-order valence-electron chi connectivity index (χ2n) is 6.25. The molecule has 0 aliphatic heterocycles. The molecule has 0 radical (unpaired) electrons. The Kier molecular flexibility index (Phi) is 8.02. The van der Waals surface area contributed by atoms with E-state index in [1.165, 1.54) is 6.92 Å². The highest BCUT2D eigenvalue weighted by atomic mass is 31.2. The highest BCUT2D eigenvalue weighted by molar-refractivity contribution is 7.52. The molecule has 28 heavy (non-hydrogen) atoms. The lowest BCUT2D eigenvalue weighted by Crippen LogP contribution is -2.75. The van der Waals surface area contributed by atoms with E-state index in [2.05, 4.69) is 5.09 Å². The second-order valence-corrected chi connectivity index (χ2v) is 7.87. The number of carbonyl (C=O) groups excluding carboxylic acids is 1. The fourth-order valence-corrected chi connectivity index (χ4v) is 3.72. The molecule has 0 aliphatic rings. The van der Waals surface area contributed by atoms with Crippen LogP contribution in [0.1, 0.15) is 20.8 Å². The number of quaternary nitrogens is 1. The number of nitrogens with two attached hydrogens (primary N) is 1. The van der Waals surface area contributed by atoms with Crippen LogP contribution in [0.25, 0.3) is 0 Å². The van der Waals surface area contributed by atoms with Gasteiger partial charge in [0.2, 0.25) is 0 Å². The van der Waals surface area contributed by atoms with Gasteiger partial charge in [-0.3, -0.25) is 4.79 Å². The second kappa shape index (κ2) is 10.2. The molecule has 3 N–H and O–H groups in total. The topological polar surface area (TPSA) is 99.7 Å². The molecule has 0 amide bonds. The molecule has 2 rings (SSSR count). The zero-order valence-electron chi connectivity index (χ0n) is 16.3. The zero-order chi connectivity index (χ0) is 20.6. The predicted octanol–water partition coefficient (Wildman–Crippen LogP) is 2.94.